The predicted octanol–water partition coefficient (Wildman–Crippen LogP) is -1.89. The second-order valence-electron chi connectivity index (χ2n) is 1.33. The van der Waals surface area contributed by atoms with E-state index in [4.69, 9.17) is 11.5 Å². The van der Waals surface area contributed by atoms with Crippen molar-refractivity contribution in [3.05, 3.63) is 0 Å². The van der Waals surface area contributed by atoms with Gasteiger partial charge >= 0.3 is 0 Å². The molecule has 0 saturated heterocycles. The van der Waals surface area contributed by atoms with E-state index in [1.165, 1.54) is 0 Å². The molecule has 0 aliphatic heterocycles. The molecule has 0 rings (SSSR count). The molecule has 0 aromatic rings. The zero-order valence-electron chi connectivity index (χ0n) is 5.48. The first-order chi connectivity index (χ1) is 3.41. The van der Waals surface area contributed by atoms with Gasteiger partial charge in [-0.25, -0.2) is 0 Å². The van der Waals surface area contributed by atoms with E-state index in [1.807, 2.05) is 0 Å². The Kier molecular flexibility index (Phi) is 17.3. The predicted molar refractivity (Wildman–Crippen MR) is 36.7 cm³/mol. The van der Waals surface area contributed by atoms with Gasteiger partial charge < -0.3 is 16.8 Å². The van der Waals surface area contributed by atoms with Crippen LogP contribution in [0.5, 0.6) is 0 Å². The molecule has 0 bridgehead atoms. The van der Waals surface area contributed by atoms with Crippen molar-refractivity contribution in [1.29, 1.82) is 0 Å². The van der Waals surface area contributed by atoms with Crippen LogP contribution in [0.2, 0.25) is 0 Å². The van der Waals surface area contributed by atoms with E-state index >= 15 is 0 Å². The fraction of sp³-hybridized carbons (Fsp3) is 1.00. The summed E-state index contributed by atoms with van der Waals surface area (Å²) < 4.78 is 0. The first kappa shape index (κ1) is 12.2. The van der Waals surface area contributed by atoms with Crippen molar-refractivity contribution >= 4 is 51.4 Å². The monoisotopic (exact) mass is 142 g/mol. The van der Waals surface area contributed by atoms with Gasteiger partial charge in [0, 0.05) is 77.6 Å². The van der Waals surface area contributed by atoms with Crippen molar-refractivity contribution in [2.45, 2.75) is 0 Å². The maximum Gasteiger partial charge on any atom is 0.00750 e. The van der Waals surface area contributed by atoms with Gasteiger partial charge in [-0.05, 0) is 0 Å². The van der Waals surface area contributed by atoms with E-state index in [0.29, 0.717) is 13.1 Å². The van der Waals surface area contributed by atoms with E-state index < -0.39 is 0 Å². The summed E-state index contributed by atoms with van der Waals surface area (Å²) in [6, 6.07) is 0. The second-order valence-corrected chi connectivity index (χ2v) is 1.33. The van der Waals surface area contributed by atoms with Crippen LogP contribution in [0.3, 0.4) is 0 Å². The largest absolute Gasteiger partial charge is 0.329 e. The van der Waals surface area contributed by atoms with Crippen LogP contribution >= 0.6 is 0 Å². The van der Waals surface area contributed by atoms with Crippen molar-refractivity contribution < 1.29 is 0 Å². The van der Waals surface area contributed by atoms with Crippen molar-refractivity contribution in [3.8, 4) is 0 Å². The third-order valence-electron chi connectivity index (χ3n) is 0.642. The summed E-state index contributed by atoms with van der Waals surface area (Å²) in [4.78, 5) is 0. The van der Waals surface area contributed by atoms with Gasteiger partial charge in [-0.1, -0.05) is 0 Å². The van der Waals surface area contributed by atoms with Gasteiger partial charge in [-0.3, -0.25) is 0 Å². The number of nitrogens with two attached hydrogens (primary N) is 2. The summed E-state index contributed by atoms with van der Waals surface area (Å²) in [6.45, 7) is 3.13. The Hall–Kier alpha value is 1.52. The molecule has 0 aliphatic carbocycles. The Morgan fingerprint density at radius 2 is 1.38 bits per heavy atom. The van der Waals surface area contributed by atoms with Crippen LogP contribution in [0.25, 0.3) is 0 Å². The maximum atomic E-state index is 5.17. The summed E-state index contributed by atoms with van der Waals surface area (Å²) in [5.74, 6) is 0. The van der Waals surface area contributed by atoms with Gasteiger partial charge in [0.15, 0.2) is 0 Å². The van der Waals surface area contributed by atoms with Crippen LogP contribution in [0.15, 0.2) is 0 Å². The molecular weight excluding hydrogens is 129 g/mol. The Bertz CT molecular complexity index is 30.5. The fourth-order valence-corrected chi connectivity index (χ4v) is 0.329. The third-order valence-corrected chi connectivity index (χ3v) is 0.642. The van der Waals surface area contributed by atoms with Gasteiger partial charge in [0.25, 0.3) is 0 Å². The van der Waals surface area contributed by atoms with Gasteiger partial charge in [-0.15, -0.1) is 0 Å². The third kappa shape index (κ3) is 10.5. The molecule has 45 valence electrons. The minimum absolute atomic E-state index is 0. The molecule has 1 radical (unpaired) electrons. The first-order valence-electron chi connectivity index (χ1n) is 2.52. The van der Waals surface area contributed by atoms with E-state index in [9.17, 15) is 0 Å². The summed E-state index contributed by atoms with van der Waals surface area (Å²) in [7, 11) is 0. The van der Waals surface area contributed by atoms with E-state index in [0.717, 1.165) is 13.1 Å². The molecule has 0 spiro atoms. The van der Waals surface area contributed by atoms with Crippen LogP contribution in [-0.2, 0) is 0 Å². The molecule has 0 aliphatic rings. The average molecular weight is 142 g/mol. The topological polar surface area (TPSA) is 64.1 Å². The van der Waals surface area contributed by atoms with Crippen LogP contribution < -0.4 is 16.8 Å². The quantitative estimate of drug-likeness (QED) is 0.318. The summed E-state index contributed by atoms with van der Waals surface area (Å²) in [5, 5.41) is 3.03. The van der Waals surface area contributed by atoms with Gasteiger partial charge in [-0.2, -0.15) is 0 Å². The van der Waals surface area contributed by atoms with Crippen molar-refractivity contribution in [2.24, 2.45) is 11.5 Å². The summed E-state index contributed by atoms with van der Waals surface area (Å²) in [5.41, 5.74) is 10.3. The minimum atomic E-state index is 0. The number of rotatable bonds is 4. The SMILES string of the molecule is NCCNCCN.[K]. The van der Waals surface area contributed by atoms with Gasteiger partial charge in [0.2, 0.25) is 0 Å². The van der Waals surface area contributed by atoms with Crippen LogP contribution in [0.4, 0.5) is 0 Å². The Labute approximate surface area is 93.0 Å². The Morgan fingerprint density at radius 3 is 1.62 bits per heavy atom. The molecule has 8 heavy (non-hydrogen) atoms. The molecule has 0 aromatic carbocycles. The number of hydrogen-bond acceptors (Lipinski definition) is 3. The summed E-state index contributed by atoms with van der Waals surface area (Å²) in [6.07, 6.45) is 0. The summed E-state index contributed by atoms with van der Waals surface area (Å²) >= 11 is 0. The first-order valence-corrected chi connectivity index (χ1v) is 2.52. The van der Waals surface area contributed by atoms with Crippen LogP contribution in [-0.4, -0.2) is 77.6 Å². The Balaban J connectivity index is 0. The van der Waals surface area contributed by atoms with Crippen molar-refractivity contribution in [3.63, 3.8) is 0 Å². The molecule has 3 nitrogen and oxygen atoms in total. The van der Waals surface area contributed by atoms with Crippen molar-refractivity contribution in [2.75, 3.05) is 26.2 Å². The average Bonchev–Trinajstić information content (AvgIpc) is 1.69. The zero-order chi connectivity index (χ0) is 5.54. The standard InChI is InChI=1S/C4H13N3.K/c5-1-3-7-4-2-6;/h7H,1-6H2;. The molecule has 0 aromatic heterocycles. The molecule has 0 fully saturated rings. The molecule has 5 N–H and O–H groups in total. The van der Waals surface area contributed by atoms with E-state index in [-0.39, 0.29) is 51.4 Å². The molecule has 0 heterocycles. The minimum Gasteiger partial charge on any atom is -0.329 e. The molecule has 0 saturated carbocycles. The van der Waals surface area contributed by atoms with Crippen molar-refractivity contribution in [1.82, 2.24) is 5.32 Å². The Morgan fingerprint density at radius 1 is 1.00 bits per heavy atom. The van der Waals surface area contributed by atoms with Gasteiger partial charge in [0.1, 0.15) is 0 Å². The molecular formula is C4H13KN3. The molecule has 0 atom stereocenters. The molecule has 0 amide bonds. The molecule has 0 unspecified atom stereocenters. The zero-order valence-corrected chi connectivity index (χ0v) is 8.61. The smallest absolute Gasteiger partial charge is 0.00750 e. The number of hydrogen-bond donors (Lipinski definition) is 3. The maximum absolute atomic E-state index is 5.17. The van der Waals surface area contributed by atoms with E-state index in [1.54, 1.807) is 0 Å². The molecule has 4 heteroatoms. The van der Waals surface area contributed by atoms with Gasteiger partial charge in [0.05, 0.1) is 0 Å². The van der Waals surface area contributed by atoms with Crippen LogP contribution in [0, 0.1) is 0 Å². The fourth-order valence-electron chi connectivity index (χ4n) is 0.329. The number of nitrogens with one attached hydrogen (secondary N) is 1. The normalized spacial score (nSPS) is 8.25. The second kappa shape index (κ2) is 11.3. The van der Waals surface area contributed by atoms with Crippen LogP contribution in [0.1, 0.15) is 0 Å². The van der Waals surface area contributed by atoms with E-state index in [2.05, 4.69) is 5.32 Å².